The fraction of sp³-hybridized carbons (Fsp3) is 0.333. The van der Waals surface area contributed by atoms with Crippen molar-refractivity contribution in [3.63, 3.8) is 0 Å². The number of halogens is 2. The summed E-state index contributed by atoms with van der Waals surface area (Å²) in [7, 11) is 0. The van der Waals surface area contributed by atoms with E-state index in [1.54, 1.807) is 0 Å². The highest BCUT2D eigenvalue weighted by molar-refractivity contribution is 9.13. The Bertz CT molecular complexity index is 805. The minimum atomic E-state index is -0.364. The van der Waals surface area contributed by atoms with Gasteiger partial charge in [-0.1, -0.05) is 6.07 Å². The summed E-state index contributed by atoms with van der Waals surface area (Å²) in [5.74, 6) is -0.398. The second kappa shape index (κ2) is 7.15. The van der Waals surface area contributed by atoms with Crippen LogP contribution in [0.4, 0.5) is 5.69 Å². The van der Waals surface area contributed by atoms with Gasteiger partial charge in [-0.2, -0.15) is 0 Å². The van der Waals surface area contributed by atoms with E-state index in [9.17, 15) is 4.79 Å². The number of ether oxygens (including phenoxy) is 1. The number of fused-ring (bicyclic) bond motifs is 1. The van der Waals surface area contributed by atoms with Gasteiger partial charge < -0.3 is 10.1 Å². The zero-order valence-electron chi connectivity index (χ0n) is 13.5. The highest BCUT2D eigenvalue weighted by Gasteiger charge is 2.33. The molecular weight excluding hydrogens is 450 g/mol. The van der Waals surface area contributed by atoms with E-state index in [-0.39, 0.29) is 11.8 Å². The average Bonchev–Trinajstić information content (AvgIpc) is 2.92. The van der Waals surface area contributed by atoms with Crippen LogP contribution in [0.2, 0.25) is 0 Å². The summed E-state index contributed by atoms with van der Waals surface area (Å²) in [6.45, 7) is 4.33. The van der Waals surface area contributed by atoms with Gasteiger partial charge in [-0.25, -0.2) is 0 Å². The van der Waals surface area contributed by atoms with E-state index in [0.717, 1.165) is 64.3 Å². The maximum Gasteiger partial charge on any atom is 0.238 e. The quantitative estimate of drug-likeness (QED) is 0.751. The van der Waals surface area contributed by atoms with Gasteiger partial charge >= 0.3 is 0 Å². The first kappa shape index (κ1) is 17.1. The van der Waals surface area contributed by atoms with Crippen LogP contribution in [0.3, 0.4) is 0 Å². The molecule has 1 N–H and O–H groups in total. The minimum absolute atomic E-state index is 0.0339. The van der Waals surface area contributed by atoms with E-state index in [4.69, 9.17) is 4.74 Å². The lowest BCUT2D eigenvalue weighted by molar-refractivity contribution is -0.116. The van der Waals surface area contributed by atoms with E-state index in [0.29, 0.717) is 0 Å². The van der Waals surface area contributed by atoms with Gasteiger partial charge in [-0.05, 0) is 61.2 Å². The molecule has 0 radical (unpaired) electrons. The highest BCUT2D eigenvalue weighted by Crippen LogP contribution is 2.40. The minimum Gasteiger partial charge on any atom is -0.379 e. The van der Waals surface area contributed by atoms with Crippen molar-refractivity contribution in [3.8, 4) is 0 Å². The van der Waals surface area contributed by atoms with Crippen LogP contribution in [0.25, 0.3) is 0 Å². The van der Waals surface area contributed by atoms with Crippen molar-refractivity contribution in [2.75, 3.05) is 31.6 Å². The third-order valence-electron chi connectivity index (χ3n) is 4.58. The van der Waals surface area contributed by atoms with Crippen molar-refractivity contribution < 1.29 is 9.53 Å². The molecule has 1 amide bonds. The predicted octanol–water partition coefficient (Wildman–Crippen LogP) is 3.52. The molecule has 1 saturated heterocycles. The van der Waals surface area contributed by atoms with E-state index in [1.165, 1.54) is 0 Å². The molecule has 25 heavy (non-hydrogen) atoms. The number of amides is 1. The number of morpholine rings is 1. The van der Waals surface area contributed by atoms with Crippen LogP contribution in [-0.4, -0.2) is 42.1 Å². The highest BCUT2D eigenvalue weighted by atomic mass is 79.9. The summed E-state index contributed by atoms with van der Waals surface area (Å²) < 4.78 is 7.22. The molecule has 7 heteroatoms. The van der Waals surface area contributed by atoms with Gasteiger partial charge in [0, 0.05) is 40.5 Å². The van der Waals surface area contributed by atoms with Gasteiger partial charge in [0.25, 0.3) is 0 Å². The Kier molecular flexibility index (Phi) is 4.90. The number of nitrogens with one attached hydrogen (secondary N) is 1. The maximum atomic E-state index is 12.5. The van der Waals surface area contributed by atoms with Gasteiger partial charge in [-0.3, -0.25) is 14.7 Å². The molecule has 2 aliphatic rings. The van der Waals surface area contributed by atoms with Gasteiger partial charge in [0.1, 0.15) is 5.92 Å². The maximum absolute atomic E-state index is 12.5. The summed E-state index contributed by atoms with van der Waals surface area (Å²) in [4.78, 5) is 19.4. The van der Waals surface area contributed by atoms with Gasteiger partial charge in [0.05, 0.1) is 18.9 Å². The first-order valence-electron chi connectivity index (χ1n) is 8.16. The molecular formula is C18H17Br2N3O2. The molecule has 130 valence electrons. The number of nitrogens with zero attached hydrogens (tertiary/aromatic N) is 2. The number of benzene rings is 1. The fourth-order valence-corrected chi connectivity index (χ4v) is 3.97. The molecule has 4 rings (SSSR count). The number of pyridine rings is 1. The zero-order valence-corrected chi connectivity index (χ0v) is 16.6. The van der Waals surface area contributed by atoms with Crippen LogP contribution in [0.1, 0.15) is 22.7 Å². The zero-order chi connectivity index (χ0) is 17.4. The number of aromatic nitrogens is 1. The van der Waals surface area contributed by atoms with Crippen LogP contribution in [0, 0.1) is 0 Å². The Morgan fingerprint density at radius 3 is 2.68 bits per heavy atom. The number of hydrogen-bond acceptors (Lipinski definition) is 4. The molecule has 2 aliphatic heterocycles. The summed E-state index contributed by atoms with van der Waals surface area (Å²) in [6, 6.07) is 7.93. The first-order chi connectivity index (χ1) is 12.1. The molecule has 1 aromatic carbocycles. The van der Waals surface area contributed by atoms with E-state index < -0.39 is 0 Å². The predicted molar refractivity (Wildman–Crippen MR) is 103 cm³/mol. The molecule has 2 aromatic rings. The normalized spacial score (nSPS) is 20.4. The SMILES string of the molecule is O=C1Nc2cc(Br)c(Br)cc2C1c1ccc(CN2CCOCC2)cn1. The van der Waals surface area contributed by atoms with Crippen LogP contribution in [-0.2, 0) is 16.1 Å². The fourth-order valence-electron chi connectivity index (χ4n) is 3.27. The van der Waals surface area contributed by atoms with E-state index in [1.807, 2.05) is 24.4 Å². The standard InChI is InChI=1S/C18H17Br2N3O2/c19-13-7-12-16(8-14(13)20)22-18(24)17(12)15-2-1-11(9-21-15)10-23-3-5-25-6-4-23/h1-2,7-9,17H,3-6,10H2,(H,22,24). The molecule has 1 aromatic heterocycles. The first-order valence-corrected chi connectivity index (χ1v) is 9.75. The van der Waals surface area contributed by atoms with Gasteiger partial charge in [0.15, 0.2) is 0 Å². The monoisotopic (exact) mass is 465 g/mol. The number of hydrogen-bond donors (Lipinski definition) is 1. The molecule has 1 unspecified atom stereocenters. The van der Waals surface area contributed by atoms with Crippen LogP contribution in [0.15, 0.2) is 39.4 Å². The number of anilines is 1. The van der Waals surface area contributed by atoms with Crippen molar-refractivity contribution in [2.24, 2.45) is 0 Å². The molecule has 0 bridgehead atoms. The number of carbonyl (C=O) groups is 1. The van der Waals surface area contributed by atoms with Gasteiger partial charge in [0.2, 0.25) is 5.91 Å². The topological polar surface area (TPSA) is 54.5 Å². The third-order valence-corrected chi connectivity index (χ3v) is 6.42. The Labute approximate surface area is 163 Å². The van der Waals surface area contributed by atoms with Crippen LogP contribution < -0.4 is 5.32 Å². The largest absolute Gasteiger partial charge is 0.379 e. The molecule has 1 fully saturated rings. The molecule has 5 nitrogen and oxygen atoms in total. The summed E-state index contributed by atoms with van der Waals surface area (Å²) in [6.07, 6.45) is 1.88. The summed E-state index contributed by atoms with van der Waals surface area (Å²) in [5.41, 5.74) is 3.72. The number of carbonyl (C=O) groups excluding carboxylic acids is 1. The van der Waals surface area contributed by atoms with Crippen molar-refractivity contribution in [3.05, 3.63) is 56.2 Å². The molecule has 0 spiro atoms. The Balaban J connectivity index is 1.56. The summed E-state index contributed by atoms with van der Waals surface area (Å²) >= 11 is 6.99. The average molecular weight is 467 g/mol. The summed E-state index contributed by atoms with van der Waals surface area (Å²) in [5, 5.41) is 2.94. The van der Waals surface area contributed by atoms with E-state index in [2.05, 4.69) is 53.1 Å². The number of rotatable bonds is 3. The van der Waals surface area contributed by atoms with E-state index >= 15 is 0 Å². The van der Waals surface area contributed by atoms with Gasteiger partial charge in [-0.15, -0.1) is 0 Å². The second-order valence-electron chi connectivity index (χ2n) is 6.26. The third kappa shape index (κ3) is 3.51. The van der Waals surface area contributed by atoms with Crippen LogP contribution >= 0.6 is 31.9 Å². The van der Waals surface area contributed by atoms with Crippen molar-refractivity contribution in [1.29, 1.82) is 0 Å². The van der Waals surface area contributed by atoms with Crippen molar-refractivity contribution in [2.45, 2.75) is 12.5 Å². The Morgan fingerprint density at radius 2 is 1.96 bits per heavy atom. The van der Waals surface area contributed by atoms with Crippen molar-refractivity contribution >= 4 is 43.5 Å². The molecule has 3 heterocycles. The lowest BCUT2D eigenvalue weighted by Crippen LogP contribution is -2.35. The smallest absolute Gasteiger partial charge is 0.238 e. The molecule has 1 atom stereocenters. The molecule has 0 aliphatic carbocycles. The Hall–Kier alpha value is -1.28. The molecule has 0 saturated carbocycles. The lowest BCUT2D eigenvalue weighted by Gasteiger charge is -2.26. The second-order valence-corrected chi connectivity index (χ2v) is 7.96. The van der Waals surface area contributed by atoms with Crippen molar-refractivity contribution in [1.82, 2.24) is 9.88 Å². The lowest BCUT2D eigenvalue weighted by atomic mass is 9.96. The Morgan fingerprint density at radius 1 is 1.20 bits per heavy atom. The van der Waals surface area contributed by atoms with Crippen LogP contribution in [0.5, 0.6) is 0 Å².